The zero-order valence-corrected chi connectivity index (χ0v) is 8.13. The van der Waals surface area contributed by atoms with Crippen LogP contribution in [-0.2, 0) is 9.59 Å². The summed E-state index contributed by atoms with van der Waals surface area (Å²) in [5.41, 5.74) is 0. The summed E-state index contributed by atoms with van der Waals surface area (Å²) in [4.78, 5) is 20.3. The minimum atomic E-state index is -1.09. The van der Waals surface area contributed by atoms with Crippen molar-refractivity contribution < 1.29 is 14.7 Å². The predicted octanol–water partition coefficient (Wildman–Crippen LogP) is 1.38. The van der Waals surface area contributed by atoms with Crippen LogP contribution >= 0.6 is 35.8 Å². The minimum Gasteiger partial charge on any atom is -0.480 e. The summed E-state index contributed by atoms with van der Waals surface area (Å²) in [5.74, 6) is -0.956. The Hall–Kier alpha value is 0.0700. The van der Waals surface area contributed by atoms with Crippen LogP contribution in [0, 0.1) is 0 Å². The predicted molar refractivity (Wildman–Crippen MR) is 47.7 cm³/mol. The van der Waals surface area contributed by atoms with Gasteiger partial charge in [-0.25, -0.2) is 0 Å². The van der Waals surface area contributed by atoms with Gasteiger partial charge in [0.15, 0.2) is 5.12 Å². The molecular formula is C5H8Cl2O3S. The van der Waals surface area contributed by atoms with Gasteiger partial charge < -0.3 is 5.11 Å². The number of hydrogen-bond acceptors (Lipinski definition) is 3. The Morgan fingerprint density at radius 2 is 2.09 bits per heavy atom. The number of carboxylic acid groups (broad SMARTS) is 1. The molecule has 1 N–H and O–H groups in total. The third-order valence-electron chi connectivity index (χ3n) is 0.701. The van der Waals surface area contributed by atoms with Crippen LogP contribution in [0.1, 0.15) is 6.92 Å². The summed E-state index contributed by atoms with van der Waals surface area (Å²) < 4.78 is 0. The van der Waals surface area contributed by atoms with E-state index in [1.807, 2.05) is 0 Å². The molecule has 0 aromatic rings. The zero-order chi connectivity index (χ0) is 8.15. The molecule has 6 heteroatoms. The van der Waals surface area contributed by atoms with Crippen LogP contribution in [0.3, 0.4) is 0 Å². The van der Waals surface area contributed by atoms with Crippen molar-refractivity contribution in [2.24, 2.45) is 0 Å². The first-order valence-corrected chi connectivity index (χ1v) is 3.96. The van der Waals surface area contributed by atoms with Gasteiger partial charge in [-0.05, 0) is 0 Å². The summed E-state index contributed by atoms with van der Waals surface area (Å²) in [6, 6.07) is 0. The largest absolute Gasteiger partial charge is 0.480 e. The quantitative estimate of drug-likeness (QED) is 0.728. The molecule has 0 amide bonds. The third-order valence-corrected chi connectivity index (χ3v) is 2.13. The number of hydrogen-bond donors (Lipinski definition) is 1. The molecule has 0 saturated heterocycles. The Morgan fingerprint density at radius 1 is 1.64 bits per heavy atom. The van der Waals surface area contributed by atoms with E-state index in [4.69, 9.17) is 16.7 Å². The van der Waals surface area contributed by atoms with Crippen LogP contribution in [0.4, 0.5) is 0 Å². The molecule has 0 aromatic carbocycles. The van der Waals surface area contributed by atoms with Gasteiger partial charge in [-0.3, -0.25) is 9.59 Å². The smallest absolute Gasteiger partial charge is 0.322 e. The fourth-order valence-electron chi connectivity index (χ4n) is 0.262. The lowest BCUT2D eigenvalue weighted by molar-refractivity contribution is -0.136. The fourth-order valence-corrected chi connectivity index (χ4v) is 0.974. The number of aliphatic carboxylic acids is 1. The number of alkyl halides is 1. The topological polar surface area (TPSA) is 54.4 Å². The van der Waals surface area contributed by atoms with Gasteiger partial charge in [0.1, 0.15) is 5.38 Å². The molecule has 0 aliphatic heterocycles. The third kappa shape index (κ3) is 7.97. The summed E-state index contributed by atoms with van der Waals surface area (Å²) in [6.07, 6.45) is 0. The highest BCUT2D eigenvalue weighted by molar-refractivity contribution is 8.13. The van der Waals surface area contributed by atoms with E-state index < -0.39 is 11.3 Å². The first-order chi connectivity index (χ1) is 4.54. The van der Waals surface area contributed by atoms with Crippen molar-refractivity contribution in [2.45, 2.75) is 12.3 Å². The highest BCUT2D eigenvalue weighted by Gasteiger charge is 2.13. The standard InChI is InChI=1S/C5H7ClO3S.ClH/c1-3(7)10-2-4(6)5(8)9;/h4H,2H2,1H3,(H,8,9);1H. The van der Waals surface area contributed by atoms with E-state index in [0.29, 0.717) is 0 Å². The molecule has 0 bridgehead atoms. The van der Waals surface area contributed by atoms with Crippen LogP contribution in [0.15, 0.2) is 0 Å². The average molecular weight is 219 g/mol. The number of rotatable bonds is 3. The van der Waals surface area contributed by atoms with Crippen LogP contribution in [0.2, 0.25) is 0 Å². The molecule has 3 nitrogen and oxygen atoms in total. The molecule has 66 valence electrons. The van der Waals surface area contributed by atoms with Crippen molar-refractivity contribution in [1.29, 1.82) is 0 Å². The van der Waals surface area contributed by atoms with Gasteiger partial charge in [-0.1, -0.05) is 11.8 Å². The van der Waals surface area contributed by atoms with E-state index in [0.717, 1.165) is 11.8 Å². The zero-order valence-electron chi connectivity index (χ0n) is 5.74. The average Bonchev–Trinajstić information content (AvgIpc) is 1.82. The highest BCUT2D eigenvalue weighted by atomic mass is 35.5. The van der Waals surface area contributed by atoms with Crippen LogP contribution < -0.4 is 0 Å². The lowest BCUT2D eigenvalue weighted by Gasteiger charge is -1.99. The van der Waals surface area contributed by atoms with Crippen molar-refractivity contribution in [1.82, 2.24) is 0 Å². The van der Waals surface area contributed by atoms with Crippen LogP contribution in [-0.4, -0.2) is 27.3 Å². The maximum atomic E-state index is 10.3. The molecule has 0 aliphatic carbocycles. The second-order valence-electron chi connectivity index (χ2n) is 1.61. The molecule has 0 aromatic heterocycles. The lowest BCUT2D eigenvalue weighted by Crippen LogP contribution is -2.16. The Labute approximate surface area is 79.9 Å². The van der Waals surface area contributed by atoms with Crippen molar-refractivity contribution in [3.05, 3.63) is 0 Å². The molecule has 0 radical (unpaired) electrons. The molecular weight excluding hydrogens is 211 g/mol. The van der Waals surface area contributed by atoms with Gasteiger partial charge in [-0.15, -0.1) is 24.0 Å². The molecule has 1 unspecified atom stereocenters. The molecule has 0 rings (SSSR count). The first kappa shape index (κ1) is 13.6. The van der Waals surface area contributed by atoms with Gasteiger partial charge in [0.25, 0.3) is 0 Å². The molecule has 0 saturated carbocycles. The Kier molecular flexibility index (Phi) is 8.39. The van der Waals surface area contributed by atoms with Crippen molar-refractivity contribution in [2.75, 3.05) is 5.75 Å². The van der Waals surface area contributed by atoms with E-state index in [9.17, 15) is 9.59 Å². The van der Waals surface area contributed by atoms with E-state index in [-0.39, 0.29) is 23.3 Å². The van der Waals surface area contributed by atoms with E-state index in [1.54, 1.807) is 0 Å². The van der Waals surface area contributed by atoms with Gasteiger partial charge in [-0.2, -0.15) is 0 Å². The second-order valence-corrected chi connectivity index (χ2v) is 3.33. The molecule has 1 atom stereocenters. The lowest BCUT2D eigenvalue weighted by atomic mass is 10.5. The number of halogens is 2. The van der Waals surface area contributed by atoms with Gasteiger partial charge in [0, 0.05) is 12.7 Å². The van der Waals surface area contributed by atoms with Gasteiger partial charge in [0.2, 0.25) is 0 Å². The highest BCUT2D eigenvalue weighted by Crippen LogP contribution is 2.08. The first-order valence-electron chi connectivity index (χ1n) is 2.54. The second kappa shape index (κ2) is 6.76. The van der Waals surface area contributed by atoms with Crippen LogP contribution in [0.25, 0.3) is 0 Å². The maximum absolute atomic E-state index is 10.3. The Morgan fingerprint density at radius 3 is 2.36 bits per heavy atom. The molecule has 0 aliphatic rings. The SMILES string of the molecule is CC(=O)SCC(Cl)C(=O)O.Cl. The monoisotopic (exact) mass is 218 g/mol. The van der Waals surface area contributed by atoms with E-state index in [2.05, 4.69) is 0 Å². The number of carbonyl (C=O) groups is 2. The number of carbonyl (C=O) groups excluding carboxylic acids is 1. The fraction of sp³-hybridized carbons (Fsp3) is 0.600. The molecule has 11 heavy (non-hydrogen) atoms. The Balaban J connectivity index is 0. The summed E-state index contributed by atoms with van der Waals surface area (Å²) >= 11 is 6.20. The van der Waals surface area contributed by atoms with Crippen LogP contribution in [0.5, 0.6) is 0 Å². The van der Waals surface area contributed by atoms with Crippen molar-refractivity contribution in [3.63, 3.8) is 0 Å². The van der Waals surface area contributed by atoms with E-state index >= 15 is 0 Å². The molecule has 0 fully saturated rings. The molecule has 0 spiro atoms. The number of thioether (sulfide) groups is 1. The maximum Gasteiger partial charge on any atom is 0.322 e. The summed E-state index contributed by atoms with van der Waals surface area (Å²) in [7, 11) is 0. The summed E-state index contributed by atoms with van der Waals surface area (Å²) in [6.45, 7) is 1.37. The normalized spacial score (nSPS) is 11.5. The summed E-state index contributed by atoms with van der Waals surface area (Å²) in [5, 5.41) is 7.16. The van der Waals surface area contributed by atoms with Crippen molar-refractivity contribution in [3.8, 4) is 0 Å². The van der Waals surface area contributed by atoms with Gasteiger partial charge in [0.05, 0.1) is 0 Å². The van der Waals surface area contributed by atoms with Crippen molar-refractivity contribution >= 4 is 46.9 Å². The van der Waals surface area contributed by atoms with E-state index in [1.165, 1.54) is 6.92 Å². The minimum absolute atomic E-state index is 0. The number of carboxylic acids is 1. The Bertz CT molecular complexity index is 151. The van der Waals surface area contributed by atoms with Gasteiger partial charge >= 0.3 is 5.97 Å². The molecule has 0 heterocycles.